The van der Waals surface area contributed by atoms with Crippen molar-refractivity contribution in [3.8, 4) is 11.5 Å². The maximum Gasteiger partial charge on any atom is 0.418 e. The molecular formula is C21H20F3NO3. The van der Waals surface area contributed by atoms with Crippen molar-refractivity contribution in [2.45, 2.75) is 31.4 Å². The molecule has 7 heteroatoms. The third-order valence-corrected chi connectivity index (χ3v) is 5.10. The van der Waals surface area contributed by atoms with Gasteiger partial charge in [0.2, 0.25) is 5.91 Å². The van der Waals surface area contributed by atoms with E-state index in [1.54, 1.807) is 0 Å². The fourth-order valence-corrected chi connectivity index (χ4v) is 3.59. The van der Waals surface area contributed by atoms with Gasteiger partial charge < -0.3 is 14.8 Å². The molecule has 2 aromatic rings. The first kappa shape index (κ1) is 18.7. The van der Waals surface area contributed by atoms with Gasteiger partial charge in [-0.2, -0.15) is 13.2 Å². The van der Waals surface area contributed by atoms with Crippen LogP contribution in [0.1, 0.15) is 36.3 Å². The monoisotopic (exact) mass is 391 g/mol. The highest BCUT2D eigenvalue weighted by atomic mass is 19.4. The summed E-state index contributed by atoms with van der Waals surface area (Å²) in [7, 11) is 0. The second-order valence-corrected chi connectivity index (χ2v) is 7.14. The van der Waals surface area contributed by atoms with Gasteiger partial charge in [0.1, 0.15) is 13.2 Å². The topological polar surface area (TPSA) is 47.6 Å². The number of hydrogen-bond acceptors (Lipinski definition) is 3. The minimum Gasteiger partial charge on any atom is -0.486 e. The summed E-state index contributed by atoms with van der Waals surface area (Å²) in [5.41, 5.74) is -0.103. The van der Waals surface area contributed by atoms with Gasteiger partial charge in [0.15, 0.2) is 11.5 Å². The molecule has 1 amide bonds. The highest BCUT2D eigenvalue weighted by molar-refractivity contribution is 5.92. The summed E-state index contributed by atoms with van der Waals surface area (Å²) >= 11 is 0. The Morgan fingerprint density at radius 1 is 1.07 bits per heavy atom. The Hall–Kier alpha value is -2.70. The maximum atomic E-state index is 13.1. The van der Waals surface area contributed by atoms with Crippen molar-refractivity contribution < 1.29 is 27.4 Å². The summed E-state index contributed by atoms with van der Waals surface area (Å²) in [6, 6.07) is 10.6. The zero-order valence-corrected chi connectivity index (χ0v) is 15.1. The summed E-state index contributed by atoms with van der Waals surface area (Å²) in [6.45, 7) is 0.971. The Morgan fingerprint density at radius 2 is 1.79 bits per heavy atom. The molecule has 0 bridgehead atoms. The summed E-state index contributed by atoms with van der Waals surface area (Å²) in [4.78, 5) is 12.6. The number of ether oxygens (including phenoxy) is 2. The molecule has 1 unspecified atom stereocenters. The number of nitrogens with one attached hydrogen (secondary N) is 1. The van der Waals surface area contributed by atoms with Crippen molar-refractivity contribution in [1.29, 1.82) is 0 Å². The fraction of sp³-hybridized carbons (Fsp3) is 0.381. The number of rotatable bonds is 5. The van der Waals surface area contributed by atoms with Crippen LogP contribution in [0.2, 0.25) is 0 Å². The SMILES string of the molecule is O=C(CC(c1ccc2c(c1)OCCO2)C1CC1)Nc1ccccc1C(F)(F)F. The van der Waals surface area contributed by atoms with E-state index >= 15 is 0 Å². The van der Waals surface area contributed by atoms with E-state index in [-0.39, 0.29) is 18.0 Å². The first-order valence-corrected chi connectivity index (χ1v) is 9.27. The molecule has 0 radical (unpaired) electrons. The zero-order chi connectivity index (χ0) is 19.7. The molecule has 4 nitrogen and oxygen atoms in total. The van der Waals surface area contributed by atoms with Gasteiger partial charge in [-0.05, 0) is 54.5 Å². The number of carbonyl (C=O) groups excluding carboxylic acids is 1. The zero-order valence-electron chi connectivity index (χ0n) is 15.1. The first-order chi connectivity index (χ1) is 13.4. The van der Waals surface area contributed by atoms with Gasteiger partial charge in [-0.25, -0.2) is 0 Å². The molecular weight excluding hydrogens is 371 g/mol. The molecule has 1 aliphatic heterocycles. The largest absolute Gasteiger partial charge is 0.486 e. The molecule has 2 aromatic carbocycles. The van der Waals surface area contributed by atoms with Gasteiger partial charge in [0.05, 0.1) is 11.3 Å². The Labute approximate surface area is 160 Å². The fourth-order valence-electron chi connectivity index (χ4n) is 3.59. The third kappa shape index (κ3) is 4.08. The van der Waals surface area contributed by atoms with Gasteiger partial charge in [0, 0.05) is 6.42 Å². The molecule has 4 rings (SSSR count). The molecule has 28 heavy (non-hydrogen) atoms. The van der Waals surface area contributed by atoms with Crippen LogP contribution >= 0.6 is 0 Å². The van der Waals surface area contributed by atoms with Gasteiger partial charge in [-0.15, -0.1) is 0 Å². The van der Waals surface area contributed by atoms with E-state index in [0.717, 1.165) is 24.5 Å². The number of carbonyl (C=O) groups is 1. The maximum absolute atomic E-state index is 13.1. The second kappa shape index (κ2) is 7.37. The molecule has 0 saturated heterocycles. The molecule has 0 aromatic heterocycles. The molecule has 1 atom stereocenters. The van der Waals surface area contributed by atoms with Crippen LogP contribution in [0.15, 0.2) is 42.5 Å². The van der Waals surface area contributed by atoms with Gasteiger partial charge in [-0.1, -0.05) is 18.2 Å². The Kier molecular flexibility index (Phi) is 4.91. The van der Waals surface area contributed by atoms with Gasteiger partial charge >= 0.3 is 6.18 Å². The van der Waals surface area contributed by atoms with Crippen LogP contribution in [0.4, 0.5) is 18.9 Å². The Balaban J connectivity index is 1.51. The lowest BCUT2D eigenvalue weighted by Crippen LogP contribution is -2.20. The predicted octanol–water partition coefficient (Wildman–Crippen LogP) is 5.00. The second-order valence-electron chi connectivity index (χ2n) is 7.14. The highest BCUT2D eigenvalue weighted by Gasteiger charge is 2.36. The summed E-state index contributed by atoms with van der Waals surface area (Å²) < 4.78 is 50.6. The van der Waals surface area contributed by atoms with Crippen molar-refractivity contribution in [2.24, 2.45) is 5.92 Å². The minimum absolute atomic E-state index is 0.0612. The van der Waals surface area contributed by atoms with Gasteiger partial charge in [-0.3, -0.25) is 4.79 Å². The average Bonchev–Trinajstić information content (AvgIpc) is 3.50. The van der Waals surface area contributed by atoms with Gasteiger partial charge in [0.25, 0.3) is 0 Å². The first-order valence-electron chi connectivity index (χ1n) is 9.27. The van der Waals surface area contributed by atoms with Crippen molar-refractivity contribution in [3.05, 3.63) is 53.6 Å². The Morgan fingerprint density at radius 3 is 2.50 bits per heavy atom. The normalized spacial score (nSPS) is 17.1. The molecule has 0 spiro atoms. The van der Waals surface area contributed by atoms with Crippen molar-refractivity contribution in [2.75, 3.05) is 18.5 Å². The van der Waals surface area contributed by atoms with Crippen LogP contribution in [0, 0.1) is 5.92 Å². The summed E-state index contributed by atoms with van der Waals surface area (Å²) in [6.07, 6.45) is -2.39. The molecule has 2 aliphatic rings. The van der Waals surface area contributed by atoms with Crippen LogP contribution in [-0.2, 0) is 11.0 Å². The van der Waals surface area contributed by atoms with E-state index in [9.17, 15) is 18.0 Å². The third-order valence-electron chi connectivity index (χ3n) is 5.10. The lowest BCUT2D eigenvalue weighted by molar-refractivity contribution is -0.137. The average molecular weight is 391 g/mol. The number of benzene rings is 2. The van der Waals surface area contributed by atoms with E-state index in [0.29, 0.717) is 30.6 Å². The molecule has 1 aliphatic carbocycles. The van der Waals surface area contributed by atoms with Crippen LogP contribution < -0.4 is 14.8 Å². The number of para-hydroxylation sites is 1. The molecule has 1 saturated carbocycles. The summed E-state index contributed by atoms with van der Waals surface area (Å²) in [5.74, 6) is 1.19. The smallest absolute Gasteiger partial charge is 0.418 e. The quantitative estimate of drug-likeness (QED) is 0.780. The van der Waals surface area contributed by atoms with E-state index in [2.05, 4.69) is 5.32 Å². The van der Waals surface area contributed by atoms with E-state index < -0.39 is 17.6 Å². The molecule has 1 fully saturated rings. The number of halogens is 3. The van der Waals surface area contributed by atoms with Crippen molar-refractivity contribution in [3.63, 3.8) is 0 Å². The van der Waals surface area contributed by atoms with Crippen molar-refractivity contribution in [1.82, 2.24) is 0 Å². The molecule has 1 heterocycles. The van der Waals surface area contributed by atoms with E-state index in [1.165, 1.54) is 18.2 Å². The lowest BCUT2D eigenvalue weighted by Gasteiger charge is -2.22. The van der Waals surface area contributed by atoms with Crippen LogP contribution in [0.25, 0.3) is 0 Å². The minimum atomic E-state index is -4.52. The predicted molar refractivity (Wildman–Crippen MR) is 97.6 cm³/mol. The number of anilines is 1. The highest BCUT2D eigenvalue weighted by Crippen LogP contribution is 2.46. The number of alkyl halides is 3. The van der Waals surface area contributed by atoms with E-state index in [4.69, 9.17) is 9.47 Å². The van der Waals surface area contributed by atoms with E-state index in [1.807, 2.05) is 18.2 Å². The number of fused-ring (bicyclic) bond motifs is 1. The number of hydrogen-bond donors (Lipinski definition) is 1. The lowest BCUT2D eigenvalue weighted by atomic mass is 9.90. The van der Waals surface area contributed by atoms with Crippen molar-refractivity contribution >= 4 is 11.6 Å². The molecule has 1 N–H and O–H groups in total. The van der Waals surface area contributed by atoms with Crippen LogP contribution in [0.3, 0.4) is 0 Å². The Bertz CT molecular complexity index is 877. The standard InChI is InChI=1S/C21H20F3NO3/c22-21(23,24)16-3-1-2-4-17(16)25-20(26)12-15(13-5-6-13)14-7-8-18-19(11-14)28-10-9-27-18/h1-4,7-8,11,13,15H,5-6,9-10,12H2,(H,25,26). The van der Waals surface area contributed by atoms with Crippen LogP contribution in [0.5, 0.6) is 11.5 Å². The number of amides is 1. The summed E-state index contributed by atoms with van der Waals surface area (Å²) in [5, 5.41) is 2.45. The molecule has 148 valence electrons. The van der Waals surface area contributed by atoms with Crippen LogP contribution in [-0.4, -0.2) is 19.1 Å².